The van der Waals surface area contributed by atoms with Gasteiger partial charge in [0.25, 0.3) is 5.91 Å². The summed E-state index contributed by atoms with van der Waals surface area (Å²) in [6.07, 6.45) is 0. The molecule has 0 radical (unpaired) electrons. The van der Waals surface area contributed by atoms with E-state index in [0.717, 1.165) is 16.8 Å². The zero-order valence-corrected chi connectivity index (χ0v) is 12.0. The minimum atomic E-state index is -0.203. The van der Waals surface area contributed by atoms with Gasteiger partial charge in [0.1, 0.15) is 0 Å². The van der Waals surface area contributed by atoms with Crippen molar-refractivity contribution >= 4 is 17.3 Å². The highest BCUT2D eigenvalue weighted by atomic mass is 16.1. The Morgan fingerprint density at radius 1 is 0.727 bits per heavy atom. The van der Waals surface area contributed by atoms with E-state index in [9.17, 15) is 4.79 Å². The highest BCUT2D eigenvalue weighted by Gasteiger charge is 2.09. The topological polar surface area (TPSA) is 55.1 Å². The van der Waals surface area contributed by atoms with Crippen molar-refractivity contribution in [3.8, 4) is 11.1 Å². The normalized spacial score (nSPS) is 10.2. The average Bonchev–Trinajstić information content (AvgIpc) is 2.57. The molecule has 3 N–H and O–H groups in total. The second-order valence-corrected chi connectivity index (χ2v) is 4.98. The van der Waals surface area contributed by atoms with Crippen LogP contribution in [0.15, 0.2) is 78.9 Å². The third-order valence-electron chi connectivity index (χ3n) is 3.46. The summed E-state index contributed by atoms with van der Waals surface area (Å²) in [6.45, 7) is 0. The molecule has 0 aliphatic rings. The summed E-state index contributed by atoms with van der Waals surface area (Å²) in [6, 6.07) is 24.9. The third kappa shape index (κ3) is 2.99. The van der Waals surface area contributed by atoms with Gasteiger partial charge >= 0.3 is 0 Å². The Labute approximate surface area is 129 Å². The number of carbonyl (C=O) groups excluding carboxylic acids is 1. The second kappa shape index (κ2) is 6.14. The molecule has 0 aliphatic carbocycles. The number of para-hydroxylation sites is 1. The molecule has 0 unspecified atom stereocenters. The molecule has 0 aromatic heterocycles. The van der Waals surface area contributed by atoms with Gasteiger partial charge < -0.3 is 11.1 Å². The maximum absolute atomic E-state index is 12.2. The number of rotatable bonds is 3. The van der Waals surface area contributed by atoms with Gasteiger partial charge in [0.2, 0.25) is 0 Å². The van der Waals surface area contributed by atoms with Crippen molar-refractivity contribution in [1.29, 1.82) is 0 Å². The van der Waals surface area contributed by atoms with E-state index in [0.29, 0.717) is 11.3 Å². The molecular weight excluding hydrogens is 272 g/mol. The Morgan fingerprint density at radius 2 is 1.32 bits per heavy atom. The number of amides is 1. The molecule has 3 nitrogen and oxygen atoms in total. The molecule has 0 bridgehead atoms. The van der Waals surface area contributed by atoms with Crippen LogP contribution in [-0.2, 0) is 0 Å². The fraction of sp³-hybridized carbons (Fsp3) is 0. The zero-order valence-electron chi connectivity index (χ0n) is 12.0. The molecule has 3 heteroatoms. The molecule has 0 heterocycles. The van der Waals surface area contributed by atoms with Crippen LogP contribution in [0.5, 0.6) is 0 Å². The first-order valence-electron chi connectivity index (χ1n) is 7.05. The molecule has 108 valence electrons. The fourth-order valence-corrected chi connectivity index (χ4v) is 2.28. The first kappa shape index (κ1) is 13.9. The van der Waals surface area contributed by atoms with Gasteiger partial charge in [0.15, 0.2) is 0 Å². The fourth-order valence-electron chi connectivity index (χ4n) is 2.28. The van der Waals surface area contributed by atoms with Crippen LogP contribution in [0.1, 0.15) is 10.4 Å². The lowest BCUT2D eigenvalue weighted by Crippen LogP contribution is -2.13. The van der Waals surface area contributed by atoms with Gasteiger partial charge in [0.05, 0.1) is 5.56 Å². The number of nitrogens with two attached hydrogens (primary N) is 1. The Kier molecular flexibility index (Phi) is 3.88. The maximum Gasteiger partial charge on any atom is 0.257 e. The summed E-state index contributed by atoms with van der Waals surface area (Å²) in [5.74, 6) is -0.203. The number of nitrogens with one attached hydrogen (secondary N) is 1. The Balaban J connectivity index is 1.77. The third-order valence-corrected chi connectivity index (χ3v) is 3.46. The van der Waals surface area contributed by atoms with E-state index < -0.39 is 0 Å². The summed E-state index contributed by atoms with van der Waals surface area (Å²) in [5, 5.41) is 2.86. The smallest absolute Gasteiger partial charge is 0.257 e. The van der Waals surface area contributed by atoms with Gasteiger partial charge in [-0.2, -0.15) is 0 Å². The van der Waals surface area contributed by atoms with E-state index in [4.69, 9.17) is 5.73 Å². The van der Waals surface area contributed by atoms with Gasteiger partial charge in [-0.1, -0.05) is 54.6 Å². The summed E-state index contributed by atoms with van der Waals surface area (Å²) in [7, 11) is 0. The van der Waals surface area contributed by atoms with Crippen molar-refractivity contribution in [3.63, 3.8) is 0 Å². The van der Waals surface area contributed by atoms with Gasteiger partial charge in [-0.15, -0.1) is 0 Å². The lowest BCUT2D eigenvalue weighted by atomic mass is 10.1. The molecule has 1 amide bonds. The largest absolute Gasteiger partial charge is 0.398 e. The van der Waals surface area contributed by atoms with Crippen LogP contribution >= 0.6 is 0 Å². The van der Waals surface area contributed by atoms with Crippen molar-refractivity contribution in [2.75, 3.05) is 11.1 Å². The SMILES string of the molecule is Nc1ccccc1C(=O)Nc1ccc(-c2ccccc2)cc1. The molecule has 3 rings (SSSR count). The number of anilines is 2. The minimum absolute atomic E-state index is 0.203. The molecule has 0 saturated heterocycles. The molecule has 0 atom stereocenters. The van der Waals surface area contributed by atoms with Crippen molar-refractivity contribution in [2.45, 2.75) is 0 Å². The van der Waals surface area contributed by atoms with Crippen LogP contribution in [0.25, 0.3) is 11.1 Å². The van der Waals surface area contributed by atoms with Gasteiger partial charge in [-0.3, -0.25) is 4.79 Å². The van der Waals surface area contributed by atoms with Crippen molar-refractivity contribution < 1.29 is 4.79 Å². The molecule has 3 aromatic carbocycles. The van der Waals surface area contributed by atoms with Crippen LogP contribution in [0.2, 0.25) is 0 Å². The highest BCUT2D eigenvalue weighted by Crippen LogP contribution is 2.21. The second-order valence-electron chi connectivity index (χ2n) is 4.98. The summed E-state index contributed by atoms with van der Waals surface area (Å²) in [5.41, 5.74) is 9.77. The van der Waals surface area contributed by atoms with E-state index >= 15 is 0 Å². The first-order valence-corrected chi connectivity index (χ1v) is 7.05. The zero-order chi connectivity index (χ0) is 15.4. The van der Waals surface area contributed by atoms with E-state index in [1.165, 1.54) is 0 Å². The molecular formula is C19H16N2O. The number of hydrogen-bond donors (Lipinski definition) is 2. The first-order chi connectivity index (χ1) is 10.7. The molecule has 22 heavy (non-hydrogen) atoms. The van der Waals surface area contributed by atoms with E-state index in [1.807, 2.05) is 42.5 Å². The van der Waals surface area contributed by atoms with E-state index in [2.05, 4.69) is 17.4 Å². The van der Waals surface area contributed by atoms with Crippen molar-refractivity contribution in [2.24, 2.45) is 0 Å². The Bertz CT molecular complexity index is 780. The van der Waals surface area contributed by atoms with Crippen LogP contribution in [0, 0.1) is 0 Å². The number of hydrogen-bond acceptors (Lipinski definition) is 2. The molecule has 0 spiro atoms. The van der Waals surface area contributed by atoms with Crippen molar-refractivity contribution in [3.05, 3.63) is 84.4 Å². The number of carbonyl (C=O) groups is 1. The molecule has 0 saturated carbocycles. The van der Waals surface area contributed by atoms with Crippen LogP contribution in [0.4, 0.5) is 11.4 Å². The maximum atomic E-state index is 12.2. The Hall–Kier alpha value is -3.07. The number of benzene rings is 3. The quantitative estimate of drug-likeness (QED) is 0.710. The standard InChI is InChI=1S/C19H16N2O/c20-18-9-5-4-8-17(18)19(22)21-16-12-10-15(11-13-16)14-6-2-1-3-7-14/h1-13H,20H2,(H,21,22). The lowest BCUT2D eigenvalue weighted by Gasteiger charge is -2.08. The van der Waals surface area contributed by atoms with Crippen LogP contribution in [-0.4, -0.2) is 5.91 Å². The van der Waals surface area contributed by atoms with Crippen molar-refractivity contribution in [1.82, 2.24) is 0 Å². The van der Waals surface area contributed by atoms with Gasteiger partial charge in [-0.05, 0) is 35.4 Å². The average molecular weight is 288 g/mol. The van der Waals surface area contributed by atoms with Gasteiger partial charge in [-0.25, -0.2) is 0 Å². The summed E-state index contributed by atoms with van der Waals surface area (Å²) >= 11 is 0. The highest BCUT2D eigenvalue weighted by molar-refractivity contribution is 6.07. The minimum Gasteiger partial charge on any atom is -0.398 e. The molecule has 0 fully saturated rings. The predicted octanol–water partition coefficient (Wildman–Crippen LogP) is 4.19. The lowest BCUT2D eigenvalue weighted by molar-refractivity contribution is 0.102. The monoisotopic (exact) mass is 288 g/mol. The summed E-state index contributed by atoms with van der Waals surface area (Å²) < 4.78 is 0. The van der Waals surface area contributed by atoms with E-state index in [-0.39, 0.29) is 5.91 Å². The van der Waals surface area contributed by atoms with Crippen LogP contribution in [0.3, 0.4) is 0 Å². The Morgan fingerprint density at radius 3 is 2.00 bits per heavy atom. The van der Waals surface area contributed by atoms with Crippen LogP contribution < -0.4 is 11.1 Å². The molecule has 3 aromatic rings. The predicted molar refractivity (Wildman–Crippen MR) is 90.7 cm³/mol. The number of nitrogen functional groups attached to an aromatic ring is 1. The summed E-state index contributed by atoms with van der Waals surface area (Å²) in [4.78, 5) is 12.2. The van der Waals surface area contributed by atoms with Gasteiger partial charge in [0, 0.05) is 11.4 Å². The van der Waals surface area contributed by atoms with E-state index in [1.54, 1.807) is 24.3 Å². The molecule has 0 aliphatic heterocycles.